The quantitative estimate of drug-likeness (QED) is 0.798. The first-order valence-electron chi connectivity index (χ1n) is 7.06. The Balaban J connectivity index is 1.76. The SMILES string of the molecule is Cc1cccc(OCCn2c(N)nc3c(C)cccc32)c1. The van der Waals surface area contributed by atoms with Gasteiger partial charge in [-0.05, 0) is 43.2 Å². The zero-order valence-corrected chi connectivity index (χ0v) is 12.3. The number of para-hydroxylation sites is 1. The van der Waals surface area contributed by atoms with Crippen LogP contribution in [0.3, 0.4) is 0 Å². The summed E-state index contributed by atoms with van der Waals surface area (Å²) in [5.41, 5.74) is 10.4. The van der Waals surface area contributed by atoms with Gasteiger partial charge in [-0.25, -0.2) is 4.98 Å². The Morgan fingerprint density at radius 3 is 2.76 bits per heavy atom. The number of ether oxygens (including phenoxy) is 1. The maximum atomic E-state index is 6.02. The molecule has 4 heteroatoms. The zero-order valence-electron chi connectivity index (χ0n) is 12.3. The highest BCUT2D eigenvalue weighted by atomic mass is 16.5. The highest BCUT2D eigenvalue weighted by Crippen LogP contribution is 2.21. The molecule has 0 unspecified atom stereocenters. The number of hydrogen-bond acceptors (Lipinski definition) is 3. The molecule has 0 atom stereocenters. The lowest BCUT2D eigenvalue weighted by Crippen LogP contribution is -2.10. The fourth-order valence-electron chi connectivity index (χ4n) is 2.50. The summed E-state index contributed by atoms with van der Waals surface area (Å²) in [4.78, 5) is 4.44. The number of aryl methyl sites for hydroxylation is 2. The summed E-state index contributed by atoms with van der Waals surface area (Å²) in [7, 11) is 0. The van der Waals surface area contributed by atoms with Crippen molar-refractivity contribution in [2.24, 2.45) is 0 Å². The van der Waals surface area contributed by atoms with E-state index in [1.807, 2.05) is 47.9 Å². The molecule has 0 aliphatic carbocycles. The molecule has 0 saturated heterocycles. The summed E-state index contributed by atoms with van der Waals surface area (Å²) in [6, 6.07) is 14.1. The van der Waals surface area contributed by atoms with Crippen molar-refractivity contribution in [3.63, 3.8) is 0 Å². The Morgan fingerprint density at radius 2 is 1.95 bits per heavy atom. The van der Waals surface area contributed by atoms with E-state index in [4.69, 9.17) is 10.5 Å². The highest BCUT2D eigenvalue weighted by molar-refractivity contribution is 5.81. The molecule has 0 aliphatic heterocycles. The molecule has 2 aromatic carbocycles. The Bertz CT molecular complexity index is 777. The number of rotatable bonds is 4. The molecular weight excluding hydrogens is 262 g/mol. The second-order valence-electron chi connectivity index (χ2n) is 5.23. The number of nitrogen functional groups attached to an aromatic ring is 1. The number of nitrogens with zero attached hydrogens (tertiary/aromatic N) is 2. The molecule has 1 heterocycles. The van der Waals surface area contributed by atoms with Crippen molar-refractivity contribution in [1.29, 1.82) is 0 Å². The molecule has 3 aromatic rings. The van der Waals surface area contributed by atoms with Crippen molar-refractivity contribution in [3.8, 4) is 5.75 Å². The summed E-state index contributed by atoms with van der Waals surface area (Å²) < 4.78 is 7.79. The van der Waals surface area contributed by atoms with Gasteiger partial charge in [-0.3, -0.25) is 0 Å². The summed E-state index contributed by atoms with van der Waals surface area (Å²) >= 11 is 0. The molecule has 0 fully saturated rings. The minimum Gasteiger partial charge on any atom is -0.492 e. The van der Waals surface area contributed by atoms with Crippen molar-refractivity contribution < 1.29 is 4.74 Å². The van der Waals surface area contributed by atoms with Crippen molar-refractivity contribution in [1.82, 2.24) is 9.55 Å². The third-order valence-corrected chi connectivity index (χ3v) is 3.58. The van der Waals surface area contributed by atoms with Crippen molar-refractivity contribution in [2.75, 3.05) is 12.3 Å². The van der Waals surface area contributed by atoms with Crippen LogP contribution < -0.4 is 10.5 Å². The highest BCUT2D eigenvalue weighted by Gasteiger charge is 2.09. The molecule has 0 aliphatic rings. The van der Waals surface area contributed by atoms with Gasteiger partial charge in [0.25, 0.3) is 0 Å². The Morgan fingerprint density at radius 1 is 1.14 bits per heavy atom. The lowest BCUT2D eigenvalue weighted by Gasteiger charge is -2.09. The monoisotopic (exact) mass is 281 g/mol. The average molecular weight is 281 g/mol. The van der Waals surface area contributed by atoms with Gasteiger partial charge >= 0.3 is 0 Å². The molecule has 0 bridgehead atoms. The summed E-state index contributed by atoms with van der Waals surface area (Å²) in [6.07, 6.45) is 0. The molecule has 0 amide bonds. The van der Waals surface area contributed by atoms with Crippen molar-refractivity contribution >= 4 is 17.0 Å². The minimum absolute atomic E-state index is 0.534. The van der Waals surface area contributed by atoms with Gasteiger partial charge in [0.05, 0.1) is 17.6 Å². The van der Waals surface area contributed by atoms with Gasteiger partial charge in [-0.2, -0.15) is 0 Å². The van der Waals surface area contributed by atoms with E-state index in [0.29, 0.717) is 19.1 Å². The molecule has 0 saturated carbocycles. The van der Waals surface area contributed by atoms with Gasteiger partial charge in [0.2, 0.25) is 5.95 Å². The zero-order chi connectivity index (χ0) is 14.8. The lowest BCUT2D eigenvalue weighted by atomic mass is 10.2. The van der Waals surface area contributed by atoms with Gasteiger partial charge in [0, 0.05) is 0 Å². The average Bonchev–Trinajstić information content (AvgIpc) is 2.77. The van der Waals surface area contributed by atoms with E-state index in [1.54, 1.807) is 0 Å². The number of aromatic nitrogens is 2. The summed E-state index contributed by atoms with van der Waals surface area (Å²) in [6.45, 7) is 5.34. The van der Waals surface area contributed by atoms with Crippen LogP contribution in [0.25, 0.3) is 11.0 Å². The number of benzene rings is 2. The van der Waals surface area contributed by atoms with Gasteiger partial charge in [-0.1, -0.05) is 24.3 Å². The number of fused-ring (bicyclic) bond motifs is 1. The molecule has 3 rings (SSSR count). The fourth-order valence-corrected chi connectivity index (χ4v) is 2.50. The molecule has 2 N–H and O–H groups in total. The molecule has 0 radical (unpaired) electrons. The maximum Gasteiger partial charge on any atom is 0.201 e. The number of nitrogens with two attached hydrogens (primary N) is 1. The summed E-state index contributed by atoms with van der Waals surface area (Å²) in [5.74, 6) is 1.42. The van der Waals surface area contributed by atoms with E-state index in [9.17, 15) is 0 Å². The second kappa shape index (κ2) is 5.48. The maximum absolute atomic E-state index is 6.02. The predicted molar refractivity (Wildman–Crippen MR) is 85.6 cm³/mol. The topological polar surface area (TPSA) is 53.1 Å². The Kier molecular flexibility index (Phi) is 3.52. The smallest absolute Gasteiger partial charge is 0.201 e. The van der Waals surface area contributed by atoms with Gasteiger partial charge in [0.15, 0.2) is 0 Å². The standard InChI is InChI=1S/C17H19N3O/c1-12-5-3-7-14(11-12)21-10-9-20-15-8-4-6-13(2)16(15)19-17(20)18/h3-8,11H,9-10H2,1-2H3,(H2,18,19). The van der Waals surface area contributed by atoms with Crippen LogP contribution in [0.15, 0.2) is 42.5 Å². The Hall–Kier alpha value is -2.49. The molecule has 108 valence electrons. The first-order valence-corrected chi connectivity index (χ1v) is 7.06. The van der Waals surface area contributed by atoms with Crippen LogP contribution in [0, 0.1) is 13.8 Å². The fraction of sp³-hybridized carbons (Fsp3) is 0.235. The third kappa shape index (κ3) is 2.70. The largest absolute Gasteiger partial charge is 0.492 e. The van der Waals surface area contributed by atoms with Crippen LogP contribution in [0.4, 0.5) is 5.95 Å². The van der Waals surface area contributed by atoms with Crippen LogP contribution >= 0.6 is 0 Å². The number of hydrogen-bond donors (Lipinski definition) is 1. The van der Waals surface area contributed by atoms with E-state index in [0.717, 1.165) is 22.3 Å². The van der Waals surface area contributed by atoms with Crippen molar-refractivity contribution in [3.05, 3.63) is 53.6 Å². The molecule has 4 nitrogen and oxygen atoms in total. The van der Waals surface area contributed by atoms with E-state index < -0.39 is 0 Å². The minimum atomic E-state index is 0.534. The molecule has 0 spiro atoms. The normalized spacial score (nSPS) is 11.0. The predicted octanol–water partition coefficient (Wildman–Crippen LogP) is 3.31. The molecule has 1 aromatic heterocycles. The van der Waals surface area contributed by atoms with Crippen LogP contribution in [0.2, 0.25) is 0 Å². The van der Waals surface area contributed by atoms with Gasteiger partial charge in [0.1, 0.15) is 12.4 Å². The van der Waals surface area contributed by atoms with Crippen LogP contribution in [-0.2, 0) is 6.54 Å². The first-order chi connectivity index (χ1) is 10.1. The van der Waals surface area contributed by atoms with Crippen molar-refractivity contribution in [2.45, 2.75) is 20.4 Å². The van der Waals surface area contributed by atoms with Crippen LogP contribution in [-0.4, -0.2) is 16.2 Å². The first kappa shape index (κ1) is 13.5. The Labute approximate surface area is 124 Å². The van der Waals surface area contributed by atoms with Crippen LogP contribution in [0.5, 0.6) is 5.75 Å². The second-order valence-corrected chi connectivity index (χ2v) is 5.23. The summed E-state index contributed by atoms with van der Waals surface area (Å²) in [5, 5.41) is 0. The van der Waals surface area contributed by atoms with E-state index in [-0.39, 0.29) is 0 Å². The molecule has 21 heavy (non-hydrogen) atoms. The third-order valence-electron chi connectivity index (χ3n) is 3.58. The number of imidazole rings is 1. The van der Waals surface area contributed by atoms with Crippen LogP contribution in [0.1, 0.15) is 11.1 Å². The van der Waals surface area contributed by atoms with E-state index >= 15 is 0 Å². The van der Waals surface area contributed by atoms with E-state index in [2.05, 4.69) is 18.0 Å². The molecular formula is C17H19N3O. The van der Waals surface area contributed by atoms with Gasteiger partial charge in [-0.15, -0.1) is 0 Å². The lowest BCUT2D eigenvalue weighted by molar-refractivity contribution is 0.301. The van der Waals surface area contributed by atoms with E-state index in [1.165, 1.54) is 5.56 Å². The van der Waals surface area contributed by atoms with Gasteiger partial charge < -0.3 is 15.0 Å². The number of anilines is 1.